The summed E-state index contributed by atoms with van der Waals surface area (Å²) in [5, 5.41) is 0. The van der Waals surface area contributed by atoms with Crippen molar-refractivity contribution in [3.8, 4) is 0 Å². The first-order valence-corrected chi connectivity index (χ1v) is 5.05. The van der Waals surface area contributed by atoms with Crippen LogP contribution >= 0.6 is 0 Å². The SMILES string of the molecule is Cc1ncc(CN2CCCC2=O)cc1F. The highest BCUT2D eigenvalue weighted by Crippen LogP contribution is 2.14. The molecule has 1 saturated heterocycles. The molecule has 80 valence electrons. The maximum Gasteiger partial charge on any atom is 0.222 e. The number of carbonyl (C=O) groups excluding carboxylic acids is 1. The van der Waals surface area contributed by atoms with Gasteiger partial charge in [-0.05, 0) is 25.0 Å². The van der Waals surface area contributed by atoms with E-state index in [4.69, 9.17) is 0 Å². The van der Waals surface area contributed by atoms with Crippen molar-refractivity contribution in [3.05, 3.63) is 29.3 Å². The topological polar surface area (TPSA) is 33.2 Å². The fraction of sp³-hybridized carbons (Fsp3) is 0.455. The lowest BCUT2D eigenvalue weighted by atomic mass is 10.2. The fourth-order valence-corrected chi connectivity index (χ4v) is 1.72. The minimum Gasteiger partial charge on any atom is -0.338 e. The van der Waals surface area contributed by atoms with E-state index in [0.29, 0.717) is 18.7 Å². The van der Waals surface area contributed by atoms with Gasteiger partial charge in [0.1, 0.15) is 5.82 Å². The number of likely N-dealkylation sites (tertiary alicyclic amines) is 1. The second-order valence-corrected chi connectivity index (χ2v) is 3.83. The van der Waals surface area contributed by atoms with Gasteiger partial charge in [-0.15, -0.1) is 0 Å². The second kappa shape index (κ2) is 3.96. The highest BCUT2D eigenvalue weighted by Gasteiger charge is 2.20. The summed E-state index contributed by atoms with van der Waals surface area (Å²) in [7, 11) is 0. The zero-order valence-electron chi connectivity index (χ0n) is 8.66. The molecule has 0 radical (unpaired) electrons. The molecule has 15 heavy (non-hydrogen) atoms. The van der Waals surface area contributed by atoms with Crippen molar-refractivity contribution in [3.63, 3.8) is 0 Å². The summed E-state index contributed by atoms with van der Waals surface area (Å²) in [6, 6.07) is 1.45. The third-order valence-corrected chi connectivity index (χ3v) is 2.63. The third-order valence-electron chi connectivity index (χ3n) is 2.63. The monoisotopic (exact) mass is 208 g/mol. The van der Waals surface area contributed by atoms with Crippen molar-refractivity contribution in [1.82, 2.24) is 9.88 Å². The van der Waals surface area contributed by atoms with Crippen LogP contribution in [0, 0.1) is 12.7 Å². The Hall–Kier alpha value is -1.45. The van der Waals surface area contributed by atoms with E-state index < -0.39 is 0 Å². The standard InChI is InChI=1S/C11H13FN2O/c1-8-10(12)5-9(6-13-8)7-14-4-2-3-11(14)15/h5-6H,2-4,7H2,1H3. The number of halogens is 1. The van der Waals surface area contributed by atoms with Gasteiger partial charge < -0.3 is 4.90 Å². The van der Waals surface area contributed by atoms with Crippen molar-refractivity contribution < 1.29 is 9.18 Å². The van der Waals surface area contributed by atoms with Crippen LogP contribution < -0.4 is 0 Å². The summed E-state index contributed by atoms with van der Waals surface area (Å²) in [5.74, 6) is -0.157. The smallest absolute Gasteiger partial charge is 0.222 e. The minimum absolute atomic E-state index is 0.149. The molecule has 1 aliphatic heterocycles. The highest BCUT2D eigenvalue weighted by atomic mass is 19.1. The summed E-state index contributed by atoms with van der Waals surface area (Å²) < 4.78 is 13.2. The van der Waals surface area contributed by atoms with Crippen molar-refractivity contribution >= 4 is 5.91 Å². The average molecular weight is 208 g/mol. The number of hydrogen-bond acceptors (Lipinski definition) is 2. The number of hydrogen-bond donors (Lipinski definition) is 0. The van der Waals surface area contributed by atoms with Gasteiger partial charge in [0, 0.05) is 25.7 Å². The van der Waals surface area contributed by atoms with E-state index in [1.165, 1.54) is 6.07 Å². The van der Waals surface area contributed by atoms with Crippen molar-refractivity contribution in [2.45, 2.75) is 26.3 Å². The summed E-state index contributed by atoms with van der Waals surface area (Å²) in [5.41, 5.74) is 1.15. The van der Waals surface area contributed by atoms with Gasteiger partial charge >= 0.3 is 0 Å². The van der Waals surface area contributed by atoms with Crippen LogP contribution in [-0.4, -0.2) is 22.3 Å². The van der Waals surface area contributed by atoms with E-state index in [-0.39, 0.29) is 11.7 Å². The predicted molar refractivity (Wildman–Crippen MR) is 53.6 cm³/mol. The zero-order chi connectivity index (χ0) is 10.8. The average Bonchev–Trinajstić information content (AvgIpc) is 2.59. The molecular weight excluding hydrogens is 195 g/mol. The molecule has 2 rings (SSSR count). The van der Waals surface area contributed by atoms with E-state index in [2.05, 4.69) is 4.98 Å². The van der Waals surface area contributed by atoms with Gasteiger partial charge in [0.05, 0.1) is 5.69 Å². The van der Waals surface area contributed by atoms with Crippen LogP contribution in [-0.2, 0) is 11.3 Å². The lowest BCUT2D eigenvalue weighted by molar-refractivity contribution is -0.128. The van der Waals surface area contributed by atoms with Gasteiger partial charge in [-0.1, -0.05) is 0 Å². The number of amides is 1. The first-order chi connectivity index (χ1) is 7.16. The molecule has 1 aromatic heterocycles. The Labute approximate surface area is 87.9 Å². The fourth-order valence-electron chi connectivity index (χ4n) is 1.72. The summed E-state index contributed by atoms with van der Waals surface area (Å²) in [4.78, 5) is 17.0. The summed E-state index contributed by atoms with van der Waals surface area (Å²) in [6.07, 6.45) is 3.15. The lowest BCUT2D eigenvalue weighted by Crippen LogP contribution is -2.24. The maximum atomic E-state index is 13.2. The summed E-state index contributed by atoms with van der Waals surface area (Å²) in [6.45, 7) is 2.87. The van der Waals surface area contributed by atoms with Crippen LogP contribution in [0.5, 0.6) is 0 Å². The molecule has 0 bridgehead atoms. The Balaban J connectivity index is 2.10. The number of rotatable bonds is 2. The van der Waals surface area contributed by atoms with Crippen LogP contribution in [0.3, 0.4) is 0 Å². The quantitative estimate of drug-likeness (QED) is 0.740. The highest BCUT2D eigenvalue weighted by molar-refractivity contribution is 5.78. The van der Waals surface area contributed by atoms with Gasteiger partial charge in [-0.25, -0.2) is 4.39 Å². The Morgan fingerprint density at radius 3 is 3.00 bits per heavy atom. The Morgan fingerprint density at radius 1 is 1.60 bits per heavy atom. The van der Waals surface area contributed by atoms with Gasteiger partial charge in [0.15, 0.2) is 0 Å². The molecule has 0 saturated carbocycles. The van der Waals surface area contributed by atoms with Crippen LogP contribution in [0.25, 0.3) is 0 Å². The molecule has 0 N–H and O–H groups in total. The number of nitrogens with zero attached hydrogens (tertiary/aromatic N) is 2. The van der Waals surface area contributed by atoms with Crippen LogP contribution in [0.15, 0.2) is 12.3 Å². The Bertz CT molecular complexity index is 392. The molecule has 0 atom stereocenters. The molecule has 0 spiro atoms. The molecule has 2 heterocycles. The molecule has 1 fully saturated rings. The van der Waals surface area contributed by atoms with E-state index in [1.807, 2.05) is 0 Å². The third kappa shape index (κ3) is 2.14. The lowest BCUT2D eigenvalue weighted by Gasteiger charge is -2.15. The Kier molecular flexibility index (Phi) is 2.66. The molecule has 0 aliphatic carbocycles. The first-order valence-electron chi connectivity index (χ1n) is 5.05. The first kappa shape index (κ1) is 10.1. The van der Waals surface area contributed by atoms with Gasteiger partial charge in [-0.2, -0.15) is 0 Å². The molecule has 4 heteroatoms. The molecule has 0 aromatic carbocycles. The second-order valence-electron chi connectivity index (χ2n) is 3.83. The number of aromatic nitrogens is 1. The van der Waals surface area contributed by atoms with E-state index in [9.17, 15) is 9.18 Å². The summed E-state index contributed by atoms with van der Waals surface area (Å²) >= 11 is 0. The minimum atomic E-state index is -0.306. The molecule has 1 amide bonds. The zero-order valence-corrected chi connectivity index (χ0v) is 8.66. The van der Waals surface area contributed by atoms with Crippen LogP contribution in [0.2, 0.25) is 0 Å². The normalized spacial score (nSPS) is 16.1. The largest absolute Gasteiger partial charge is 0.338 e. The number of pyridine rings is 1. The Morgan fingerprint density at radius 2 is 2.40 bits per heavy atom. The predicted octanol–water partition coefficient (Wildman–Crippen LogP) is 1.65. The maximum absolute atomic E-state index is 13.2. The van der Waals surface area contributed by atoms with Gasteiger partial charge in [0.2, 0.25) is 5.91 Å². The van der Waals surface area contributed by atoms with Gasteiger partial charge in [0.25, 0.3) is 0 Å². The molecule has 0 unspecified atom stereocenters. The molecular formula is C11H13FN2O. The number of carbonyl (C=O) groups is 1. The molecule has 1 aliphatic rings. The van der Waals surface area contributed by atoms with E-state index in [0.717, 1.165) is 18.5 Å². The van der Waals surface area contributed by atoms with Crippen LogP contribution in [0.4, 0.5) is 4.39 Å². The van der Waals surface area contributed by atoms with E-state index in [1.54, 1.807) is 18.0 Å². The number of aryl methyl sites for hydroxylation is 1. The van der Waals surface area contributed by atoms with Crippen molar-refractivity contribution in [2.24, 2.45) is 0 Å². The van der Waals surface area contributed by atoms with Gasteiger partial charge in [-0.3, -0.25) is 9.78 Å². The molecule has 1 aromatic rings. The van der Waals surface area contributed by atoms with Crippen molar-refractivity contribution in [1.29, 1.82) is 0 Å². The molecule has 3 nitrogen and oxygen atoms in total. The van der Waals surface area contributed by atoms with Crippen molar-refractivity contribution in [2.75, 3.05) is 6.54 Å². The van der Waals surface area contributed by atoms with E-state index >= 15 is 0 Å². The van der Waals surface area contributed by atoms with Crippen LogP contribution in [0.1, 0.15) is 24.1 Å².